The summed E-state index contributed by atoms with van der Waals surface area (Å²) in [4.78, 5) is 12.8. The van der Waals surface area contributed by atoms with Gasteiger partial charge in [0.1, 0.15) is 0 Å². The van der Waals surface area contributed by atoms with Gasteiger partial charge in [0.15, 0.2) is 11.4 Å². The lowest BCUT2D eigenvalue weighted by molar-refractivity contribution is 0.102. The van der Waals surface area contributed by atoms with E-state index in [1.165, 1.54) is 7.11 Å². The van der Waals surface area contributed by atoms with Gasteiger partial charge in [-0.25, -0.2) is 0 Å². The average Bonchev–Trinajstić information content (AvgIpc) is 2.84. The fourth-order valence-corrected chi connectivity index (χ4v) is 2.69. The summed E-state index contributed by atoms with van der Waals surface area (Å²) in [7, 11) is 1.54. The topological polar surface area (TPSA) is 44.1 Å². The Morgan fingerprint density at radius 2 is 2.05 bits per heavy atom. The number of hydrogen-bond donors (Lipinski definition) is 0. The fourth-order valence-electron chi connectivity index (χ4n) is 1.90. The number of benzene rings is 1. The summed E-state index contributed by atoms with van der Waals surface area (Å²) < 4.78 is 8.52. The van der Waals surface area contributed by atoms with Crippen LogP contribution in [-0.2, 0) is 0 Å². The van der Waals surface area contributed by atoms with Gasteiger partial charge in [0, 0.05) is 20.6 Å². The van der Waals surface area contributed by atoms with E-state index in [0.29, 0.717) is 17.0 Å². The van der Waals surface area contributed by atoms with E-state index >= 15 is 0 Å². The van der Waals surface area contributed by atoms with Crippen LogP contribution in [0.1, 0.15) is 35.9 Å². The molecule has 0 aliphatic heterocycles. The number of rotatable bonds is 4. The molecule has 2 aromatic rings. The highest BCUT2D eigenvalue weighted by atomic mass is 79.9. The van der Waals surface area contributed by atoms with Crippen molar-refractivity contribution in [1.29, 1.82) is 0 Å². The maximum Gasteiger partial charge on any atom is 0.216 e. The van der Waals surface area contributed by atoms with E-state index < -0.39 is 0 Å². The summed E-state index contributed by atoms with van der Waals surface area (Å²) in [6, 6.07) is 5.56. The molecule has 6 heteroatoms. The minimum Gasteiger partial charge on any atom is -0.493 e. The van der Waals surface area contributed by atoms with E-state index in [-0.39, 0.29) is 11.8 Å². The van der Waals surface area contributed by atoms with Gasteiger partial charge >= 0.3 is 0 Å². The van der Waals surface area contributed by atoms with Gasteiger partial charge in [-0.3, -0.25) is 9.48 Å². The minimum absolute atomic E-state index is 0.0729. The Hall–Kier alpha value is -1.14. The predicted octanol–water partition coefficient (Wildman–Crippen LogP) is 4.23. The zero-order valence-corrected chi connectivity index (χ0v) is 14.5. The molecule has 2 rings (SSSR count). The second kappa shape index (κ2) is 6.10. The van der Waals surface area contributed by atoms with Crippen LogP contribution in [0.25, 0.3) is 0 Å². The molecule has 0 atom stereocenters. The van der Waals surface area contributed by atoms with E-state index in [9.17, 15) is 4.79 Å². The SMILES string of the molecule is COc1cnn(C(C)C)c1C(=O)c1cc(Br)ccc1Br. The van der Waals surface area contributed by atoms with Crippen molar-refractivity contribution in [2.24, 2.45) is 0 Å². The zero-order valence-electron chi connectivity index (χ0n) is 11.4. The Morgan fingerprint density at radius 1 is 1.35 bits per heavy atom. The van der Waals surface area contributed by atoms with Gasteiger partial charge in [0.25, 0.3) is 0 Å². The molecule has 0 aliphatic rings. The molecule has 0 saturated carbocycles. The third-order valence-corrected chi connectivity index (χ3v) is 4.04. The quantitative estimate of drug-likeness (QED) is 0.720. The number of ketones is 1. The van der Waals surface area contributed by atoms with E-state index in [2.05, 4.69) is 37.0 Å². The van der Waals surface area contributed by atoms with Crippen LogP contribution < -0.4 is 4.74 Å². The van der Waals surface area contributed by atoms with Gasteiger partial charge in [-0.15, -0.1) is 0 Å². The molecular formula is C14H14Br2N2O2. The van der Waals surface area contributed by atoms with Crippen molar-refractivity contribution in [3.63, 3.8) is 0 Å². The summed E-state index contributed by atoms with van der Waals surface area (Å²) in [5, 5.41) is 4.23. The predicted molar refractivity (Wildman–Crippen MR) is 84.4 cm³/mol. The summed E-state index contributed by atoms with van der Waals surface area (Å²) in [5.74, 6) is 0.358. The molecule has 0 amide bonds. The van der Waals surface area contributed by atoms with Gasteiger partial charge in [0.05, 0.1) is 13.3 Å². The van der Waals surface area contributed by atoms with Gasteiger partial charge in [0.2, 0.25) is 5.78 Å². The maximum absolute atomic E-state index is 12.8. The number of carbonyl (C=O) groups is 1. The molecular weight excluding hydrogens is 388 g/mol. The molecule has 4 nitrogen and oxygen atoms in total. The van der Waals surface area contributed by atoms with Gasteiger partial charge < -0.3 is 4.74 Å². The second-order valence-corrected chi connectivity index (χ2v) is 6.32. The molecule has 0 bridgehead atoms. The molecule has 0 saturated heterocycles. The van der Waals surface area contributed by atoms with Crippen LogP contribution in [0.5, 0.6) is 5.75 Å². The molecule has 0 fully saturated rings. The lowest BCUT2D eigenvalue weighted by Gasteiger charge is -2.12. The smallest absolute Gasteiger partial charge is 0.216 e. The van der Waals surface area contributed by atoms with Crippen LogP contribution in [0.15, 0.2) is 33.3 Å². The van der Waals surface area contributed by atoms with Crippen molar-refractivity contribution in [2.75, 3.05) is 7.11 Å². The second-order valence-electron chi connectivity index (χ2n) is 4.55. The van der Waals surface area contributed by atoms with Gasteiger partial charge in [-0.05, 0) is 32.0 Å². The average molecular weight is 402 g/mol. The molecule has 106 valence electrons. The summed E-state index contributed by atoms with van der Waals surface area (Å²) in [6.45, 7) is 3.94. The third-order valence-electron chi connectivity index (χ3n) is 2.86. The van der Waals surface area contributed by atoms with Crippen molar-refractivity contribution in [2.45, 2.75) is 19.9 Å². The Morgan fingerprint density at radius 3 is 2.65 bits per heavy atom. The summed E-state index contributed by atoms with van der Waals surface area (Å²) in [5.41, 5.74) is 1.03. The number of hydrogen-bond acceptors (Lipinski definition) is 3. The number of methoxy groups -OCH3 is 1. The molecule has 1 heterocycles. The van der Waals surface area contributed by atoms with Crippen molar-refractivity contribution in [1.82, 2.24) is 9.78 Å². The molecule has 0 N–H and O–H groups in total. The first-order chi connectivity index (χ1) is 9.45. The lowest BCUT2D eigenvalue weighted by atomic mass is 10.1. The molecule has 1 aromatic heterocycles. The highest BCUT2D eigenvalue weighted by Gasteiger charge is 2.24. The highest BCUT2D eigenvalue weighted by molar-refractivity contribution is 9.11. The number of aromatic nitrogens is 2. The van der Waals surface area contributed by atoms with Crippen molar-refractivity contribution in [3.8, 4) is 5.75 Å². The van der Waals surface area contributed by atoms with E-state index in [1.54, 1.807) is 16.9 Å². The molecule has 0 unspecified atom stereocenters. The third kappa shape index (κ3) is 2.81. The molecule has 0 spiro atoms. The summed E-state index contributed by atoms with van der Waals surface area (Å²) in [6.07, 6.45) is 1.57. The Labute approximate surface area is 134 Å². The van der Waals surface area contributed by atoms with Crippen LogP contribution in [0.2, 0.25) is 0 Å². The Balaban J connectivity index is 2.58. The first-order valence-electron chi connectivity index (χ1n) is 6.07. The number of carbonyl (C=O) groups excluding carboxylic acids is 1. The van der Waals surface area contributed by atoms with Gasteiger partial charge in [-0.1, -0.05) is 31.9 Å². The largest absolute Gasteiger partial charge is 0.493 e. The van der Waals surface area contributed by atoms with Crippen LogP contribution in [0.3, 0.4) is 0 Å². The molecule has 0 aliphatic carbocycles. The normalized spacial score (nSPS) is 10.9. The van der Waals surface area contributed by atoms with Crippen molar-refractivity contribution >= 4 is 37.6 Å². The number of halogens is 2. The maximum atomic E-state index is 12.8. The first kappa shape index (κ1) is 15.3. The molecule has 20 heavy (non-hydrogen) atoms. The van der Waals surface area contributed by atoms with E-state index in [1.807, 2.05) is 26.0 Å². The molecule has 1 aromatic carbocycles. The number of ether oxygens (including phenoxy) is 1. The highest BCUT2D eigenvalue weighted by Crippen LogP contribution is 2.29. The molecule has 0 radical (unpaired) electrons. The minimum atomic E-state index is -0.124. The van der Waals surface area contributed by atoms with Crippen LogP contribution >= 0.6 is 31.9 Å². The Bertz CT molecular complexity index is 651. The zero-order chi connectivity index (χ0) is 14.9. The van der Waals surface area contributed by atoms with Gasteiger partial charge in [-0.2, -0.15) is 5.10 Å². The van der Waals surface area contributed by atoms with Crippen LogP contribution in [-0.4, -0.2) is 22.7 Å². The van der Waals surface area contributed by atoms with Crippen molar-refractivity contribution < 1.29 is 9.53 Å². The lowest BCUT2D eigenvalue weighted by Crippen LogP contribution is -2.14. The summed E-state index contributed by atoms with van der Waals surface area (Å²) >= 11 is 6.80. The van der Waals surface area contributed by atoms with E-state index in [4.69, 9.17) is 4.74 Å². The fraction of sp³-hybridized carbons (Fsp3) is 0.286. The first-order valence-corrected chi connectivity index (χ1v) is 7.65. The van der Waals surface area contributed by atoms with E-state index in [0.717, 1.165) is 8.95 Å². The number of nitrogens with zero attached hydrogens (tertiary/aromatic N) is 2. The van der Waals surface area contributed by atoms with Crippen molar-refractivity contribution in [3.05, 3.63) is 44.6 Å². The standard InChI is InChI=1S/C14H14Br2N2O2/c1-8(2)18-13(12(20-3)7-17-18)14(19)10-6-9(15)4-5-11(10)16/h4-8H,1-3H3. The monoisotopic (exact) mass is 400 g/mol. The van der Waals surface area contributed by atoms with Crippen LogP contribution in [0.4, 0.5) is 0 Å². The Kier molecular flexibility index (Phi) is 4.65. The van der Waals surface area contributed by atoms with Crippen LogP contribution in [0, 0.1) is 0 Å².